The number of nitrogens with one attached hydrogen (secondary N) is 1. The molecule has 0 fully saturated rings. The van der Waals surface area contributed by atoms with Gasteiger partial charge in [0.15, 0.2) is 0 Å². The number of hydrogen-bond donors (Lipinski definition) is 1. The Morgan fingerprint density at radius 1 is 1.38 bits per heavy atom. The zero-order valence-corrected chi connectivity index (χ0v) is 13.8. The molecule has 1 aromatic carbocycles. The number of hydrogen-bond acceptors (Lipinski definition) is 4. The van der Waals surface area contributed by atoms with Crippen LogP contribution in [0.5, 0.6) is 0 Å². The molecule has 0 saturated heterocycles. The van der Waals surface area contributed by atoms with E-state index < -0.39 is 10.0 Å². The van der Waals surface area contributed by atoms with Gasteiger partial charge in [-0.15, -0.1) is 0 Å². The Morgan fingerprint density at radius 3 is 2.62 bits per heavy atom. The van der Waals surface area contributed by atoms with Crippen molar-refractivity contribution < 1.29 is 17.5 Å². The molecule has 1 N–H and O–H groups in total. The second kappa shape index (κ2) is 7.84. The smallest absolute Gasteiger partial charge is 0.242 e. The van der Waals surface area contributed by atoms with Crippen molar-refractivity contribution >= 4 is 10.0 Å². The summed E-state index contributed by atoms with van der Waals surface area (Å²) in [6.07, 6.45) is 0. The molecule has 0 atom stereocenters. The van der Waals surface area contributed by atoms with E-state index in [0.29, 0.717) is 24.3 Å². The van der Waals surface area contributed by atoms with Crippen molar-refractivity contribution in [3.8, 4) is 0 Å². The maximum Gasteiger partial charge on any atom is 0.242 e. The molecular weight excluding hydrogens is 295 g/mol. The van der Waals surface area contributed by atoms with E-state index in [9.17, 15) is 12.8 Å². The van der Waals surface area contributed by atoms with Crippen molar-refractivity contribution in [2.75, 3.05) is 33.9 Å². The predicted molar refractivity (Wildman–Crippen MR) is 80.2 cm³/mol. The molecule has 1 aromatic rings. The summed E-state index contributed by atoms with van der Waals surface area (Å²) in [4.78, 5) is 0.102. The van der Waals surface area contributed by atoms with Crippen molar-refractivity contribution in [2.45, 2.75) is 25.3 Å². The summed E-state index contributed by atoms with van der Waals surface area (Å²) in [7, 11) is -0.465. The molecule has 0 unspecified atom stereocenters. The number of benzene rings is 1. The highest BCUT2D eigenvalue weighted by atomic mass is 32.2. The molecule has 0 aliphatic carbocycles. The fourth-order valence-corrected chi connectivity index (χ4v) is 3.20. The maximum absolute atomic E-state index is 13.9. The van der Waals surface area contributed by atoms with Gasteiger partial charge in [-0.1, -0.05) is 0 Å². The molecule has 0 aliphatic heterocycles. The van der Waals surface area contributed by atoms with Gasteiger partial charge in [0.25, 0.3) is 0 Å². The highest BCUT2D eigenvalue weighted by Gasteiger charge is 2.22. The van der Waals surface area contributed by atoms with Gasteiger partial charge in [0.05, 0.1) is 11.5 Å². The number of nitrogens with zero attached hydrogens (tertiary/aromatic N) is 1. The van der Waals surface area contributed by atoms with Gasteiger partial charge in [-0.05, 0) is 38.6 Å². The first-order valence-electron chi connectivity index (χ1n) is 6.82. The fraction of sp³-hybridized carbons (Fsp3) is 0.571. The summed E-state index contributed by atoms with van der Waals surface area (Å²) in [5.41, 5.74) is 0.661. The van der Waals surface area contributed by atoms with Crippen LogP contribution in [0.4, 0.5) is 4.39 Å². The van der Waals surface area contributed by atoms with E-state index in [1.54, 1.807) is 14.0 Å². The molecule has 21 heavy (non-hydrogen) atoms. The topological polar surface area (TPSA) is 58.6 Å². The molecule has 0 spiro atoms. The first kappa shape index (κ1) is 18.0. The van der Waals surface area contributed by atoms with Crippen LogP contribution in [0.3, 0.4) is 0 Å². The number of ether oxygens (including phenoxy) is 1. The van der Waals surface area contributed by atoms with E-state index >= 15 is 0 Å². The van der Waals surface area contributed by atoms with E-state index in [-0.39, 0.29) is 23.8 Å². The SMILES string of the molecule is CCOCCN(C)S(=O)(=O)c1cc(C)c(F)c(CNC)c1. The van der Waals surface area contributed by atoms with Crippen molar-refractivity contribution in [2.24, 2.45) is 0 Å². The Kier molecular flexibility index (Phi) is 6.73. The lowest BCUT2D eigenvalue weighted by molar-refractivity contribution is 0.138. The van der Waals surface area contributed by atoms with Crippen LogP contribution in [0.25, 0.3) is 0 Å². The number of rotatable bonds is 8. The third-order valence-electron chi connectivity index (χ3n) is 3.13. The Labute approximate surface area is 126 Å². The summed E-state index contributed by atoms with van der Waals surface area (Å²) >= 11 is 0. The minimum absolute atomic E-state index is 0.102. The van der Waals surface area contributed by atoms with Crippen LogP contribution >= 0.6 is 0 Å². The van der Waals surface area contributed by atoms with Crippen LogP contribution in [0.1, 0.15) is 18.1 Å². The van der Waals surface area contributed by atoms with Gasteiger partial charge in [-0.3, -0.25) is 0 Å². The monoisotopic (exact) mass is 318 g/mol. The minimum atomic E-state index is -3.64. The van der Waals surface area contributed by atoms with E-state index in [1.165, 1.54) is 23.5 Å². The molecule has 7 heteroatoms. The summed E-state index contributed by atoms with van der Waals surface area (Å²) in [6.45, 7) is 4.81. The zero-order valence-electron chi connectivity index (χ0n) is 12.9. The van der Waals surface area contributed by atoms with Crippen LogP contribution in [0, 0.1) is 12.7 Å². The van der Waals surface area contributed by atoms with Crippen LogP contribution in [0.2, 0.25) is 0 Å². The Hall–Kier alpha value is -1.02. The summed E-state index contributed by atoms with van der Waals surface area (Å²) in [5.74, 6) is -0.375. The van der Waals surface area contributed by atoms with E-state index in [2.05, 4.69) is 5.32 Å². The van der Waals surface area contributed by atoms with E-state index in [1.807, 2.05) is 6.92 Å². The van der Waals surface area contributed by atoms with Gasteiger partial charge in [0.1, 0.15) is 5.82 Å². The van der Waals surface area contributed by atoms with Crippen LogP contribution < -0.4 is 5.32 Å². The lowest BCUT2D eigenvalue weighted by Crippen LogP contribution is -2.30. The molecule has 120 valence electrons. The Balaban J connectivity index is 3.07. The molecule has 0 saturated carbocycles. The van der Waals surface area contributed by atoms with Gasteiger partial charge >= 0.3 is 0 Å². The average molecular weight is 318 g/mol. The average Bonchev–Trinajstić information content (AvgIpc) is 2.43. The van der Waals surface area contributed by atoms with Crippen molar-refractivity contribution in [3.05, 3.63) is 29.1 Å². The van der Waals surface area contributed by atoms with Crippen LogP contribution in [-0.2, 0) is 21.3 Å². The molecule has 5 nitrogen and oxygen atoms in total. The van der Waals surface area contributed by atoms with Crippen LogP contribution in [0.15, 0.2) is 17.0 Å². The molecule has 0 radical (unpaired) electrons. The van der Waals surface area contributed by atoms with Crippen molar-refractivity contribution in [1.82, 2.24) is 9.62 Å². The van der Waals surface area contributed by atoms with Gasteiger partial charge in [0.2, 0.25) is 10.0 Å². The van der Waals surface area contributed by atoms with Crippen molar-refractivity contribution in [3.63, 3.8) is 0 Å². The van der Waals surface area contributed by atoms with E-state index in [4.69, 9.17) is 4.74 Å². The summed E-state index contributed by atoms with van der Waals surface area (Å²) in [5, 5.41) is 2.83. The third-order valence-corrected chi connectivity index (χ3v) is 4.97. The van der Waals surface area contributed by atoms with Crippen LogP contribution in [-0.4, -0.2) is 46.6 Å². The largest absolute Gasteiger partial charge is 0.380 e. The molecule has 0 bridgehead atoms. The zero-order chi connectivity index (χ0) is 16.0. The maximum atomic E-state index is 13.9. The molecule has 0 aliphatic rings. The van der Waals surface area contributed by atoms with Gasteiger partial charge in [-0.2, -0.15) is 4.31 Å². The number of aryl methyl sites for hydroxylation is 1. The number of sulfonamides is 1. The first-order chi connectivity index (χ1) is 9.84. The number of halogens is 1. The minimum Gasteiger partial charge on any atom is -0.380 e. The molecular formula is C14H23FN2O3S. The van der Waals surface area contributed by atoms with E-state index in [0.717, 1.165) is 0 Å². The first-order valence-corrected chi connectivity index (χ1v) is 8.26. The molecule has 0 aromatic heterocycles. The lowest BCUT2D eigenvalue weighted by atomic mass is 10.1. The predicted octanol–water partition coefficient (Wildman–Crippen LogP) is 1.51. The molecule has 0 amide bonds. The standard InChI is InChI=1S/C14H23FN2O3S/c1-5-20-7-6-17(4)21(18,19)13-8-11(2)14(15)12(9-13)10-16-3/h8-9,16H,5-7,10H2,1-4H3. The van der Waals surface area contributed by atoms with Gasteiger partial charge < -0.3 is 10.1 Å². The lowest BCUT2D eigenvalue weighted by Gasteiger charge is -2.18. The summed E-state index contributed by atoms with van der Waals surface area (Å²) in [6, 6.07) is 2.74. The highest BCUT2D eigenvalue weighted by Crippen LogP contribution is 2.21. The molecule has 1 rings (SSSR count). The van der Waals surface area contributed by atoms with Gasteiger partial charge in [-0.25, -0.2) is 12.8 Å². The van der Waals surface area contributed by atoms with Crippen molar-refractivity contribution in [1.29, 1.82) is 0 Å². The third kappa shape index (κ3) is 4.47. The summed E-state index contributed by atoms with van der Waals surface area (Å²) < 4.78 is 45.3. The normalized spacial score (nSPS) is 12.1. The Morgan fingerprint density at radius 2 is 2.05 bits per heavy atom. The quantitative estimate of drug-likeness (QED) is 0.738. The number of likely N-dealkylation sites (N-methyl/N-ethyl adjacent to an activating group) is 1. The molecule has 0 heterocycles. The Bertz CT molecular complexity index is 576. The van der Waals surface area contributed by atoms with Gasteiger partial charge in [0, 0.05) is 32.3 Å². The second-order valence-corrected chi connectivity index (χ2v) is 6.81. The fourth-order valence-electron chi connectivity index (χ4n) is 1.91. The highest BCUT2D eigenvalue weighted by molar-refractivity contribution is 7.89. The second-order valence-electron chi connectivity index (χ2n) is 4.77.